The summed E-state index contributed by atoms with van der Waals surface area (Å²) in [7, 11) is 0. The number of aliphatic carboxylic acids is 1. The minimum absolute atomic E-state index is 0.220. The fourth-order valence-electron chi connectivity index (χ4n) is 1.73. The number of carboxylic acids is 1. The summed E-state index contributed by atoms with van der Waals surface area (Å²) in [4.78, 5) is 28.5. The summed E-state index contributed by atoms with van der Waals surface area (Å²) < 4.78 is 0. The molecular formula is C9H10N2O3S. The summed E-state index contributed by atoms with van der Waals surface area (Å²) in [6.45, 7) is 0.522. The van der Waals surface area contributed by atoms with Gasteiger partial charge in [0.15, 0.2) is 0 Å². The molecule has 2 rings (SSSR count). The molecule has 1 aromatic rings. The molecular weight excluding hydrogens is 216 g/mol. The molecule has 2 heterocycles. The van der Waals surface area contributed by atoms with Gasteiger partial charge in [0.1, 0.15) is 10.9 Å². The van der Waals surface area contributed by atoms with Crippen LogP contribution in [0.4, 0.5) is 0 Å². The maximum atomic E-state index is 11.9. The Kier molecular flexibility index (Phi) is 2.68. The molecule has 1 unspecified atom stereocenters. The summed E-state index contributed by atoms with van der Waals surface area (Å²) in [5, 5.41) is 8.92. The minimum Gasteiger partial charge on any atom is -0.480 e. The number of aromatic nitrogens is 1. The van der Waals surface area contributed by atoms with Crippen LogP contribution in [0.3, 0.4) is 0 Å². The summed E-state index contributed by atoms with van der Waals surface area (Å²) in [6, 6.07) is -0.667. The first-order valence-corrected chi connectivity index (χ1v) is 5.50. The average Bonchev–Trinajstić information content (AvgIpc) is 2.88. The van der Waals surface area contributed by atoms with Gasteiger partial charge in [0, 0.05) is 6.54 Å². The molecule has 0 radical (unpaired) electrons. The van der Waals surface area contributed by atoms with Crippen molar-refractivity contribution in [2.45, 2.75) is 18.9 Å². The zero-order chi connectivity index (χ0) is 10.8. The number of carbonyl (C=O) groups excluding carboxylic acids is 1. The molecule has 0 spiro atoms. The molecule has 0 aliphatic carbocycles. The maximum Gasteiger partial charge on any atom is 0.326 e. The van der Waals surface area contributed by atoms with Crippen LogP contribution in [-0.2, 0) is 4.79 Å². The third-order valence-electron chi connectivity index (χ3n) is 2.44. The smallest absolute Gasteiger partial charge is 0.326 e. The minimum atomic E-state index is -0.926. The molecule has 1 aliphatic heterocycles. The number of amides is 1. The highest BCUT2D eigenvalue weighted by molar-refractivity contribution is 7.11. The van der Waals surface area contributed by atoms with Crippen LogP contribution in [0.2, 0.25) is 0 Å². The van der Waals surface area contributed by atoms with Crippen molar-refractivity contribution in [2.24, 2.45) is 0 Å². The molecule has 1 aromatic heterocycles. The maximum absolute atomic E-state index is 11.9. The van der Waals surface area contributed by atoms with Crippen molar-refractivity contribution in [1.82, 2.24) is 9.88 Å². The number of thiazole rings is 1. The van der Waals surface area contributed by atoms with Crippen molar-refractivity contribution in [3.63, 3.8) is 0 Å². The van der Waals surface area contributed by atoms with Crippen LogP contribution in [0.15, 0.2) is 11.7 Å². The van der Waals surface area contributed by atoms with Gasteiger partial charge in [-0.3, -0.25) is 9.78 Å². The monoisotopic (exact) mass is 226 g/mol. The number of carboxylic acid groups (broad SMARTS) is 1. The van der Waals surface area contributed by atoms with E-state index in [4.69, 9.17) is 5.11 Å². The third-order valence-corrected chi connectivity index (χ3v) is 3.20. The number of likely N-dealkylation sites (tertiary alicyclic amines) is 1. The van der Waals surface area contributed by atoms with Gasteiger partial charge in [-0.1, -0.05) is 0 Å². The van der Waals surface area contributed by atoms with Gasteiger partial charge < -0.3 is 10.0 Å². The Balaban J connectivity index is 2.17. The van der Waals surface area contributed by atoms with Gasteiger partial charge in [-0.25, -0.2) is 4.79 Å². The van der Waals surface area contributed by atoms with Gasteiger partial charge in [-0.05, 0) is 12.8 Å². The molecule has 1 N–H and O–H groups in total. The Labute approximate surface area is 90.4 Å². The van der Waals surface area contributed by atoms with E-state index in [-0.39, 0.29) is 5.91 Å². The van der Waals surface area contributed by atoms with E-state index < -0.39 is 12.0 Å². The lowest BCUT2D eigenvalue weighted by atomic mass is 10.2. The second kappa shape index (κ2) is 3.98. The molecule has 1 fully saturated rings. The van der Waals surface area contributed by atoms with Crippen molar-refractivity contribution >= 4 is 23.2 Å². The number of hydrogen-bond donors (Lipinski definition) is 1. The van der Waals surface area contributed by atoms with Gasteiger partial charge in [0.2, 0.25) is 0 Å². The standard InChI is InChI=1S/C9H10N2O3S/c12-8(7-4-10-5-15-7)11-3-1-2-6(11)9(13)14/h4-6H,1-3H2,(H,13,14). The van der Waals surface area contributed by atoms with Crippen LogP contribution >= 0.6 is 11.3 Å². The molecule has 0 saturated carbocycles. The third kappa shape index (κ3) is 1.85. The van der Waals surface area contributed by atoms with Gasteiger partial charge in [0.05, 0.1) is 11.7 Å². The van der Waals surface area contributed by atoms with Crippen molar-refractivity contribution in [2.75, 3.05) is 6.54 Å². The molecule has 6 heteroatoms. The summed E-state index contributed by atoms with van der Waals surface area (Å²) >= 11 is 1.24. The Morgan fingerprint density at radius 1 is 1.60 bits per heavy atom. The predicted octanol–water partition coefficient (Wildman–Crippen LogP) is 0.832. The van der Waals surface area contributed by atoms with Gasteiger partial charge in [-0.15, -0.1) is 11.3 Å². The van der Waals surface area contributed by atoms with Crippen molar-refractivity contribution in [1.29, 1.82) is 0 Å². The Hall–Kier alpha value is -1.43. The lowest BCUT2D eigenvalue weighted by Gasteiger charge is -2.20. The number of carbonyl (C=O) groups is 2. The Bertz CT molecular complexity index is 377. The normalized spacial score (nSPS) is 20.5. The van der Waals surface area contributed by atoms with E-state index in [0.717, 1.165) is 6.42 Å². The Morgan fingerprint density at radius 3 is 3.00 bits per heavy atom. The highest BCUT2D eigenvalue weighted by Gasteiger charge is 2.34. The molecule has 0 aromatic carbocycles. The van der Waals surface area contributed by atoms with Crippen LogP contribution in [0.5, 0.6) is 0 Å². The Morgan fingerprint density at radius 2 is 2.40 bits per heavy atom. The highest BCUT2D eigenvalue weighted by atomic mass is 32.1. The first-order valence-electron chi connectivity index (χ1n) is 4.62. The van der Waals surface area contributed by atoms with E-state index in [2.05, 4.69) is 4.98 Å². The number of hydrogen-bond acceptors (Lipinski definition) is 4. The van der Waals surface area contributed by atoms with Crippen molar-refractivity contribution in [3.8, 4) is 0 Å². The zero-order valence-corrected chi connectivity index (χ0v) is 8.74. The summed E-state index contributed by atoms with van der Waals surface area (Å²) in [6.07, 6.45) is 2.77. The van der Waals surface area contributed by atoms with Gasteiger partial charge in [-0.2, -0.15) is 0 Å². The van der Waals surface area contributed by atoms with E-state index in [1.165, 1.54) is 22.4 Å². The lowest BCUT2D eigenvalue weighted by Crippen LogP contribution is -2.40. The average molecular weight is 226 g/mol. The fourth-order valence-corrected chi connectivity index (χ4v) is 2.30. The van der Waals surface area contributed by atoms with Gasteiger partial charge >= 0.3 is 5.97 Å². The molecule has 80 valence electrons. The molecule has 1 amide bonds. The number of nitrogens with zero attached hydrogens (tertiary/aromatic N) is 2. The van der Waals surface area contributed by atoms with E-state index in [9.17, 15) is 9.59 Å². The molecule has 0 bridgehead atoms. The van der Waals surface area contributed by atoms with Crippen molar-refractivity contribution in [3.05, 3.63) is 16.6 Å². The van der Waals surface area contributed by atoms with Gasteiger partial charge in [0.25, 0.3) is 5.91 Å². The van der Waals surface area contributed by atoms with E-state index >= 15 is 0 Å². The number of rotatable bonds is 2. The quantitative estimate of drug-likeness (QED) is 0.811. The summed E-state index contributed by atoms with van der Waals surface area (Å²) in [5.74, 6) is -1.15. The van der Waals surface area contributed by atoms with Crippen LogP contribution in [-0.4, -0.2) is 39.5 Å². The predicted molar refractivity (Wildman–Crippen MR) is 53.8 cm³/mol. The van der Waals surface area contributed by atoms with Crippen LogP contribution in [0.1, 0.15) is 22.5 Å². The molecule has 1 atom stereocenters. The second-order valence-electron chi connectivity index (χ2n) is 3.36. The highest BCUT2D eigenvalue weighted by Crippen LogP contribution is 2.21. The fraction of sp³-hybridized carbons (Fsp3) is 0.444. The second-order valence-corrected chi connectivity index (χ2v) is 4.25. The molecule has 1 saturated heterocycles. The van der Waals surface area contributed by atoms with Crippen molar-refractivity contribution < 1.29 is 14.7 Å². The zero-order valence-electron chi connectivity index (χ0n) is 7.92. The van der Waals surface area contributed by atoms with Crippen LogP contribution in [0.25, 0.3) is 0 Å². The first-order chi connectivity index (χ1) is 7.20. The molecule has 5 nitrogen and oxygen atoms in total. The SMILES string of the molecule is O=C(O)C1CCCN1C(=O)c1cncs1. The van der Waals surface area contributed by atoms with Crippen LogP contribution < -0.4 is 0 Å². The molecule has 15 heavy (non-hydrogen) atoms. The largest absolute Gasteiger partial charge is 0.480 e. The van der Waals surface area contributed by atoms with E-state index in [1.54, 1.807) is 5.51 Å². The van der Waals surface area contributed by atoms with E-state index in [1.807, 2.05) is 0 Å². The first kappa shape index (κ1) is 10.1. The van der Waals surface area contributed by atoms with E-state index in [0.29, 0.717) is 17.8 Å². The summed E-state index contributed by atoms with van der Waals surface area (Å²) in [5.41, 5.74) is 1.57. The topological polar surface area (TPSA) is 70.5 Å². The molecule has 1 aliphatic rings. The lowest BCUT2D eigenvalue weighted by molar-refractivity contribution is -0.141. The van der Waals surface area contributed by atoms with Crippen LogP contribution in [0, 0.1) is 0 Å².